The average Bonchev–Trinajstić information content (AvgIpc) is 3.44. The molecule has 0 saturated heterocycles. The van der Waals surface area contributed by atoms with E-state index in [2.05, 4.69) is 73.1 Å². The average molecular weight is 574 g/mol. The van der Waals surface area contributed by atoms with Crippen LogP contribution in [0.4, 0.5) is 0 Å². The lowest BCUT2D eigenvalue weighted by atomic mass is 9.79. The zero-order valence-electron chi connectivity index (χ0n) is 23.2. The minimum Gasteiger partial charge on any atom is -0.464 e. The van der Waals surface area contributed by atoms with E-state index in [9.17, 15) is 4.79 Å². The number of carbonyl (C=O) groups excluding carboxylic acids is 1. The fourth-order valence-electron chi connectivity index (χ4n) is 5.33. The molecule has 1 aliphatic heterocycles. The lowest BCUT2D eigenvalue weighted by Crippen LogP contribution is -2.51. The van der Waals surface area contributed by atoms with Crippen LogP contribution in [0.5, 0.6) is 0 Å². The molecule has 4 nitrogen and oxygen atoms in total. The lowest BCUT2D eigenvalue weighted by molar-refractivity contribution is -0.201. The number of hydrogen-bond donors (Lipinski definition) is 0. The molecule has 4 rings (SSSR count). The van der Waals surface area contributed by atoms with Gasteiger partial charge in [-0.15, -0.1) is 12.4 Å². The summed E-state index contributed by atoms with van der Waals surface area (Å²) in [6.07, 6.45) is 4.03. The third-order valence-electron chi connectivity index (χ3n) is 7.17. The highest BCUT2D eigenvalue weighted by Gasteiger charge is 2.54. The number of halogens is 1. The van der Waals surface area contributed by atoms with Crippen LogP contribution < -0.4 is 0 Å². The van der Waals surface area contributed by atoms with Crippen molar-refractivity contribution >= 4 is 41.9 Å². The second-order valence-corrected chi connectivity index (χ2v) is 12.2. The van der Waals surface area contributed by atoms with Crippen LogP contribution in [0.1, 0.15) is 65.9 Å². The molecule has 1 fully saturated rings. The number of carbonyl (C=O) groups is 1. The van der Waals surface area contributed by atoms with Gasteiger partial charge in [0.05, 0.1) is 13.2 Å². The van der Waals surface area contributed by atoms with Gasteiger partial charge in [-0.3, -0.25) is 4.90 Å². The summed E-state index contributed by atoms with van der Waals surface area (Å²) in [6.45, 7) is 13.0. The first-order valence-corrected chi connectivity index (χ1v) is 15.2. The quantitative estimate of drug-likeness (QED) is 0.192. The van der Waals surface area contributed by atoms with Crippen molar-refractivity contribution in [2.24, 2.45) is 5.92 Å². The van der Waals surface area contributed by atoms with Gasteiger partial charge in [0.1, 0.15) is 5.60 Å². The Kier molecular flexibility index (Phi) is 11.1. The first kappa shape index (κ1) is 30.9. The van der Waals surface area contributed by atoms with E-state index in [1.165, 1.54) is 9.79 Å². The Bertz CT molecular complexity index is 1170. The number of fused-ring (bicyclic) bond motifs is 2. The van der Waals surface area contributed by atoms with Gasteiger partial charge in [-0.25, -0.2) is 4.79 Å². The molecular formula is C31H40ClNO3S2. The van der Waals surface area contributed by atoms with Gasteiger partial charge in [0.25, 0.3) is 0 Å². The minimum absolute atomic E-state index is 0. The third-order valence-corrected chi connectivity index (χ3v) is 9.79. The number of hydrogen-bond acceptors (Lipinski definition) is 6. The summed E-state index contributed by atoms with van der Waals surface area (Å²) in [5, 5.41) is 0. The van der Waals surface area contributed by atoms with E-state index in [-0.39, 0.29) is 24.3 Å². The van der Waals surface area contributed by atoms with Gasteiger partial charge >= 0.3 is 5.97 Å². The van der Waals surface area contributed by atoms with Crippen molar-refractivity contribution < 1.29 is 14.3 Å². The molecule has 0 aromatic heterocycles. The van der Waals surface area contributed by atoms with Crippen LogP contribution >= 0.6 is 35.9 Å². The Morgan fingerprint density at radius 2 is 1.61 bits per heavy atom. The van der Waals surface area contributed by atoms with Crippen molar-refractivity contribution in [1.82, 2.24) is 4.90 Å². The number of nitrogens with zero attached hydrogens (tertiary/aromatic N) is 1. The fraction of sp³-hybridized carbons (Fsp3) is 0.516. The maximum Gasteiger partial charge on any atom is 0.343 e. The molecule has 1 atom stereocenters. The predicted octanol–water partition coefficient (Wildman–Crippen LogP) is 7.81. The molecule has 2 aliphatic rings. The summed E-state index contributed by atoms with van der Waals surface area (Å²) < 4.78 is 12.8. The van der Waals surface area contributed by atoms with Crippen molar-refractivity contribution in [2.75, 3.05) is 26.2 Å². The lowest BCUT2D eigenvalue weighted by Gasteiger charge is -2.42. The first-order valence-electron chi connectivity index (χ1n) is 13.5. The molecule has 0 radical (unpaired) electrons. The van der Waals surface area contributed by atoms with Gasteiger partial charge in [-0.1, -0.05) is 86.3 Å². The largest absolute Gasteiger partial charge is 0.464 e. The SMILES string of the molecule is CCOC(=O)C(OC(C)(C)C#CCN(CC)CC)(c1cccc2c1Sc1ccccc1S2)C1CCCC1.Cl. The van der Waals surface area contributed by atoms with Gasteiger partial charge in [-0.05, 0) is 64.9 Å². The monoisotopic (exact) mass is 573 g/mol. The smallest absolute Gasteiger partial charge is 0.343 e. The normalized spacial score (nSPS) is 16.5. The summed E-state index contributed by atoms with van der Waals surface area (Å²) in [5.41, 5.74) is -1.14. The van der Waals surface area contributed by atoms with Crippen LogP contribution in [0.3, 0.4) is 0 Å². The van der Waals surface area contributed by atoms with E-state index in [0.717, 1.165) is 54.1 Å². The van der Waals surface area contributed by atoms with E-state index in [1.54, 1.807) is 23.5 Å². The molecule has 7 heteroatoms. The maximum absolute atomic E-state index is 14.1. The molecule has 1 saturated carbocycles. The van der Waals surface area contributed by atoms with Crippen molar-refractivity contribution in [1.29, 1.82) is 0 Å². The molecule has 0 N–H and O–H groups in total. The summed E-state index contributed by atoms with van der Waals surface area (Å²) in [7, 11) is 0. The van der Waals surface area contributed by atoms with Crippen molar-refractivity contribution in [2.45, 2.75) is 91.1 Å². The molecule has 1 unspecified atom stereocenters. The van der Waals surface area contributed by atoms with Crippen LogP contribution in [-0.4, -0.2) is 42.7 Å². The van der Waals surface area contributed by atoms with E-state index in [0.29, 0.717) is 13.2 Å². The van der Waals surface area contributed by atoms with Gasteiger partial charge in [0.2, 0.25) is 0 Å². The highest BCUT2D eigenvalue weighted by Crippen LogP contribution is 2.55. The van der Waals surface area contributed by atoms with Gasteiger partial charge in [-0.2, -0.15) is 0 Å². The van der Waals surface area contributed by atoms with E-state index < -0.39 is 11.2 Å². The van der Waals surface area contributed by atoms with Crippen molar-refractivity contribution in [3.05, 3.63) is 48.0 Å². The fourth-order valence-corrected chi connectivity index (χ4v) is 7.76. The minimum atomic E-state index is -1.22. The van der Waals surface area contributed by atoms with Gasteiger partial charge < -0.3 is 9.47 Å². The molecule has 2 aromatic carbocycles. The Morgan fingerprint density at radius 3 is 2.24 bits per heavy atom. The van der Waals surface area contributed by atoms with Crippen molar-refractivity contribution in [3.63, 3.8) is 0 Å². The van der Waals surface area contributed by atoms with Crippen molar-refractivity contribution in [3.8, 4) is 11.8 Å². The molecule has 206 valence electrons. The number of esters is 1. The first-order chi connectivity index (χ1) is 17.8. The third kappa shape index (κ3) is 6.57. The Hall–Kier alpha value is -1.62. The molecule has 1 heterocycles. The van der Waals surface area contributed by atoms with Gasteiger partial charge in [0.15, 0.2) is 5.60 Å². The van der Waals surface area contributed by atoms with Crippen LogP contribution in [0, 0.1) is 17.8 Å². The Labute approximate surface area is 243 Å². The van der Waals surface area contributed by atoms with E-state index >= 15 is 0 Å². The van der Waals surface area contributed by atoms with Crippen LogP contribution in [-0.2, 0) is 19.9 Å². The van der Waals surface area contributed by atoms with Gasteiger partial charge in [0, 0.05) is 31.1 Å². The summed E-state index contributed by atoms with van der Waals surface area (Å²) in [6, 6.07) is 14.7. The molecule has 38 heavy (non-hydrogen) atoms. The number of benzene rings is 2. The molecule has 0 amide bonds. The van der Waals surface area contributed by atoms with E-state index in [4.69, 9.17) is 9.47 Å². The van der Waals surface area contributed by atoms with Crippen LogP contribution in [0.25, 0.3) is 0 Å². The van der Waals surface area contributed by atoms with Crippen LogP contribution in [0.15, 0.2) is 62.0 Å². The summed E-state index contributed by atoms with van der Waals surface area (Å²) in [4.78, 5) is 21.1. The molecule has 2 aromatic rings. The Balaban J connectivity index is 0.00000400. The molecule has 0 spiro atoms. The second kappa shape index (κ2) is 13.6. The molecule has 1 aliphatic carbocycles. The topological polar surface area (TPSA) is 38.8 Å². The summed E-state index contributed by atoms with van der Waals surface area (Å²) >= 11 is 3.49. The Morgan fingerprint density at radius 1 is 0.974 bits per heavy atom. The molecule has 0 bridgehead atoms. The second-order valence-electron chi connectivity index (χ2n) is 10.1. The number of ether oxygens (including phenoxy) is 2. The zero-order chi connectivity index (χ0) is 26.5. The summed E-state index contributed by atoms with van der Waals surface area (Å²) in [5.74, 6) is 6.43. The highest BCUT2D eigenvalue weighted by atomic mass is 35.5. The van der Waals surface area contributed by atoms with E-state index in [1.807, 2.05) is 20.8 Å². The standard InChI is InChI=1S/C31H39NO3S2.ClH/c1-6-32(7-2)22-14-21-30(4,5)35-31(29(33)34-8-3,23-15-9-10-16-23)24-17-13-20-27-28(24)37-26-19-12-11-18-25(26)36-27;/h11-13,17-20,23H,6-10,15-16,22H2,1-5H3;1H. The number of rotatable bonds is 9. The maximum atomic E-state index is 14.1. The zero-order valence-corrected chi connectivity index (χ0v) is 25.6. The van der Waals surface area contributed by atoms with Crippen LogP contribution in [0.2, 0.25) is 0 Å². The highest BCUT2D eigenvalue weighted by molar-refractivity contribution is 8.05. The molecular weight excluding hydrogens is 534 g/mol. The predicted molar refractivity (Wildman–Crippen MR) is 159 cm³/mol.